The molecule has 0 aliphatic heterocycles. The molecule has 0 saturated heterocycles. The smallest absolute Gasteiger partial charge is 0.126 e. The highest BCUT2D eigenvalue weighted by molar-refractivity contribution is 5.43. The van der Waals surface area contributed by atoms with E-state index in [4.69, 9.17) is 9.47 Å². The lowest BCUT2D eigenvalue weighted by Gasteiger charge is -2.47. The highest BCUT2D eigenvalue weighted by Gasteiger charge is 2.41. The second-order valence-corrected chi connectivity index (χ2v) is 11.4. The van der Waals surface area contributed by atoms with Crippen LogP contribution in [0.5, 0.6) is 11.5 Å². The van der Waals surface area contributed by atoms with Gasteiger partial charge in [-0.25, -0.2) is 0 Å². The van der Waals surface area contributed by atoms with Gasteiger partial charge in [-0.3, -0.25) is 0 Å². The van der Waals surface area contributed by atoms with Crippen molar-refractivity contribution in [1.29, 1.82) is 0 Å². The van der Waals surface area contributed by atoms with Gasteiger partial charge in [0.1, 0.15) is 11.5 Å². The molecule has 0 bridgehead atoms. The first-order valence-corrected chi connectivity index (χ1v) is 13.5. The van der Waals surface area contributed by atoms with E-state index in [0.29, 0.717) is 17.3 Å². The molecule has 2 aromatic carbocycles. The average Bonchev–Trinajstić information content (AvgIpc) is 2.92. The largest absolute Gasteiger partial charge is 0.497 e. The van der Waals surface area contributed by atoms with Crippen molar-refractivity contribution in [3.05, 3.63) is 58.7 Å². The number of ether oxygens (including phenoxy) is 2. The summed E-state index contributed by atoms with van der Waals surface area (Å²) in [6.45, 7) is 5.12. The van der Waals surface area contributed by atoms with Crippen LogP contribution >= 0.6 is 0 Å². The third kappa shape index (κ3) is 5.54. The molecule has 192 valence electrons. The van der Waals surface area contributed by atoms with E-state index in [-0.39, 0.29) is 13.2 Å². The molecule has 2 aromatic rings. The SMILES string of the molecule is COc1ccc(C2CCC(C(C)(C)C3CCC(c4ccc(CO)cc4CO)CC3)CC2)c(OC)c1. The van der Waals surface area contributed by atoms with Crippen LogP contribution in [-0.4, -0.2) is 24.4 Å². The Labute approximate surface area is 211 Å². The van der Waals surface area contributed by atoms with Gasteiger partial charge in [-0.2, -0.15) is 0 Å². The van der Waals surface area contributed by atoms with Crippen LogP contribution < -0.4 is 9.47 Å². The normalized spacial score (nSPS) is 25.3. The van der Waals surface area contributed by atoms with Gasteiger partial charge in [0, 0.05) is 6.07 Å². The summed E-state index contributed by atoms with van der Waals surface area (Å²) in [7, 11) is 3.46. The van der Waals surface area contributed by atoms with Gasteiger partial charge in [0.05, 0.1) is 27.4 Å². The molecule has 0 amide bonds. The molecule has 0 unspecified atom stereocenters. The minimum absolute atomic E-state index is 0.0295. The van der Waals surface area contributed by atoms with Crippen LogP contribution in [0.15, 0.2) is 36.4 Å². The fraction of sp³-hybridized carbons (Fsp3) is 0.613. The zero-order valence-corrected chi connectivity index (χ0v) is 22.1. The molecule has 0 heterocycles. The molecule has 4 nitrogen and oxygen atoms in total. The molecule has 0 aromatic heterocycles. The third-order valence-corrected chi connectivity index (χ3v) is 9.44. The number of aliphatic hydroxyl groups excluding tert-OH is 2. The van der Waals surface area contributed by atoms with Gasteiger partial charge in [-0.05, 0) is 109 Å². The lowest BCUT2D eigenvalue weighted by molar-refractivity contribution is 0.0510. The van der Waals surface area contributed by atoms with E-state index in [1.54, 1.807) is 14.2 Å². The van der Waals surface area contributed by atoms with Crippen LogP contribution in [0.25, 0.3) is 0 Å². The van der Waals surface area contributed by atoms with Crippen molar-refractivity contribution in [2.24, 2.45) is 17.3 Å². The second-order valence-electron chi connectivity index (χ2n) is 11.4. The number of benzene rings is 2. The second kappa shape index (κ2) is 11.3. The van der Waals surface area contributed by atoms with E-state index in [1.807, 2.05) is 18.2 Å². The Bertz CT molecular complexity index is 888. The van der Waals surface area contributed by atoms with Gasteiger partial charge in [0.25, 0.3) is 0 Å². The summed E-state index contributed by atoms with van der Waals surface area (Å²) in [5, 5.41) is 19.3. The van der Waals surface area contributed by atoms with E-state index in [1.165, 1.54) is 62.5 Å². The van der Waals surface area contributed by atoms with E-state index >= 15 is 0 Å². The summed E-state index contributed by atoms with van der Waals surface area (Å²) >= 11 is 0. The Morgan fingerprint density at radius 1 is 0.714 bits per heavy atom. The number of rotatable bonds is 8. The lowest BCUT2D eigenvalue weighted by Crippen LogP contribution is -2.36. The van der Waals surface area contributed by atoms with Crippen molar-refractivity contribution >= 4 is 0 Å². The first kappa shape index (κ1) is 26.0. The molecule has 35 heavy (non-hydrogen) atoms. The predicted molar refractivity (Wildman–Crippen MR) is 141 cm³/mol. The van der Waals surface area contributed by atoms with Gasteiger partial charge in [0.2, 0.25) is 0 Å². The summed E-state index contributed by atoms with van der Waals surface area (Å²) in [5.74, 6) is 4.42. The van der Waals surface area contributed by atoms with Crippen LogP contribution in [0.1, 0.15) is 99.3 Å². The summed E-state index contributed by atoms with van der Waals surface area (Å²) in [6.07, 6.45) is 9.92. The molecule has 2 fully saturated rings. The molecule has 0 spiro atoms. The fourth-order valence-electron chi connectivity index (χ4n) is 7.08. The highest BCUT2D eigenvalue weighted by atomic mass is 16.5. The van der Waals surface area contributed by atoms with Crippen LogP contribution in [0, 0.1) is 17.3 Å². The summed E-state index contributed by atoms with van der Waals surface area (Å²) in [5.41, 5.74) is 4.84. The minimum atomic E-state index is 0.0295. The quantitative estimate of drug-likeness (QED) is 0.429. The van der Waals surface area contributed by atoms with E-state index in [9.17, 15) is 10.2 Å². The molecule has 2 aliphatic carbocycles. The topological polar surface area (TPSA) is 58.9 Å². The van der Waals surface area contributed by atoms with Crippen molar-refractivity contribution in [2.75, 3.05) is 14.2 Å². The number of aliphatic hydroxyl groups is 2. The summed E-state index contributed by atoms with van der Waals surface area (Å²) in [4.78, 5) is 0. The zero-order valence-electron chi connectivity index (χ0n) is 22.1. The predicted octanol–water partition coefficient (Wildman–Crippen LogP) is 6.96. The monoisotopic (exact) mass is 480 g/mol. The van der Waals surface area contributed by atoms with E-state index in [0.717, 1.165) is 34.5 Å². The lowest BCUT2D eigenvalue weighted by atomic mass is 9.58. The van der Waals surface area contributed by atoms with Crippen LogP contribution in [0.4, 0.5) is 0 Å². The van der Waals surface area contributed by atoms with Crippen molar-refractivity contribution in [2.45, 2.75) is 90.3 Å². The molecule has 2 aliphatic rings. The Hall–Kier alpha value is -2.04. The number of methoxy groups -OCH3 is 2. The summed E-state index contributed by atoms with van der Waals surface area (Å²) < 4.78 is 11.1. The Morgan fingerprint density at radius 3 is 1.80 bits per heavy atom. The molecular formula is C31H44O4. The Morgan fingerprint density at radius 2 is 1.29 bits per heavy atom. The van der Waals surface area contributed by atoms with Gasteiger partial charge in [-0.15, -0.1) is 0 Å². The molecule has 2 N–H and O–H groups in total. The van der Waals surface area contributed by atoms with Crippen molar-refractivity contribution < 1.29 is 19.7 Å². The minimum Gasteiger partial charge on any atom is -0.497 e. The van der Waals surface area contributed by atoms with Gasteiger partial charge in [-0.1, -0.05) is 38.1 Å². The molecule has 4 heteroatoms. The molecule has 0 radical (unpaired) electrons. The number of hydrogen-bond donors (Lipinski definition) is 2. The van der Waals surface area contributed by atoms with Crippen LogP contribution in [0.2, 0.25) is 0 Å². The fourth-order valence-corrected chi connectivity index (χ4v) is 7.08. The maximum Gasteiger partial charge on any atom is 0.126 e. The first-order chi connectivity index (χ1) is 16.9. The van der Waals surface area contributed by atoms with E-state index in [2.05, 4.69) is 32.0 Å². The molecule has 0 atom stereocenters. The number of hydrogen-bond acceptors (Lipinski definition) is 4. The molecule has 4 rings (SSSR count). The zero-order chi connectivity index (χ0) is 25.0. The van der Waals surface area contributed by atoms with Crippen molar-refractivity contribution in [3.63, 3.8) is 0 Å². The van der Waals surface area contributed by atoms with Gasteiger partial charge < -0.3 is 19.7 Å². The highest BCUT2D eigenvalue weighted by Crippen LogP contribution is 2.53. The Balaban J connectivity index is 1.36. The first-order valence-electron chi connectivity index (χ1n) is 13.5. The van der Waals surface area contributed by atoms with Crippen LogP contribution in [-0.2, 0) is 13.2 Å². The average molecular weight is 481 g/mol. The molecule has 2 saturated carbocycles. The van der Waals surface area contributed by atoms with Gasteiger partial charge >= 0.3 is 0 Å². The van der Waals surface area contributed by atoms with Crippen LogP contribution in [0.3, 0.4) is 0 Å². The third-order valence-electron chi connectivity index (χ3n) is 9.44. The standard InChI is InChI=1S/C31H44O4/c1-31(2,25-10-6-22(7-11-25)28-15-5-21(19-32)17-24(28)20-33)26-12-8-23(9-13-26)29-16-14-27(34-3)18-30(29)35-4/h5,14-18,22-23,25-26,32-33H,6-13,19-20H2,1-4H3. The maximum atomic E-state index is 9.89. The molecular weight excluding hydrogens is 436 g/mol. The van der Waals surface area contributed by atoms with Gasteiger partial charge in [0.15, 0.2) is 0 Å². The maximum absolute atomic E-state index is 9.89. The van der Waals surface area contributed by atoms with Crippen molar-refractivity contribution in [1.82, 2.24) is 0 Å². The van der Waals surface area contributed by atoms with Crippen molar-refractivity contribution in [3.8, 4) is 11.5 Å². The van der Waals surface area contributed by atoms with E-state index < -0.39 is 0 Å². The summed E-state index contributed by atoms with van der Waals surface area (Å²) in [6, 6.07) is 12.4. The Kier molecular flexibility index (Phi) is 8.44.